The highest BCUT2D eigenvalue weighted by molar-refractivity contribution is 5.82. The van der Waals surface area contributed by atoms with Gasteiger partial charge in [-0.3, -0.25) is 4.79 Å². The number of Topliss-reactive ketones (excluding diaryl/α,β-unsaturated/α-hetero) is 1. The van der Waals surface area contributed by atoms with Gasteiger partial charge in [0, 0.05) is 12.3 Å². The highest BCUT2D eigenvalue weighted by Crippen LogP contribution is 2.55. The molecule has 1 N–H and O–H groups in total. The lowest BCUT2D eigenvalue weighted by molar-refractivity contribution is -0.145. The van der Waals surface area contributed by atoms with Gasteiger partial charge in [-0.15, -0.1) is 0 Å². The number of carbonyl (C=O) groups is 1. The largest absolute Gasteiger partial charge is 0.396 e. The molecular weight excluding hydrogens is 228 g/mol. The molecular formula is C15H26O3. The van der Waals surface area contributed by atoms with Gasteiger partial charge in [0.1, 0.15) is 5.78 Å². The van der Waals surface area contributed by atoms with Crippen LogP contribution in [0.5, 0.6) is 0 Å². The Morgan fingerprint density at radius 1 is 1.39 bits per heavy atom. The second-order valence-electron chi connectivity index (χ2n) is 7.16. The minimum Gasteiger partial charge on any atom is -0.396 e. The highest BCUT2D eigenvalue weighted by Gasteiger charge is 2.54. The summed E-state index contributed by atoms with van der Waals surface area (Å²) in [4.78, 5) is 11.9. The summed E-state index contributed by atoms with van der Waals surface area (Å²) in [6, 6.07) is 0. The molecule has 2 saturated carbocycles. The topological polar surface area (TPSA) is 46.5 Å². The SMILES string of the molecule is CC(C)(C)O[C@@H]1CCC2C(CO)C(=O)CC[C@]21C. The molecule has 0 spiro atoms. The van der Waals surface area contributed by atoms with Crippen LogP contribution in [-0.2, 0) is 9.53 Å². The van der Waals surface area contributed by atoms with Gasteiger partial charge >= 0.3 is 0 Å². The number of aliphatic hydroxyl groups excluding tert-OH is 1. The molecule has 0 heterocycles. The summed E-state index contributed by atoms with van der Waals surface area (Å²) in [6.07, 6.45) is 3.76. The third-order valence-electron chi connectivity index (χ3n) is 4.82. The molecule has 0 aromatic rings. The molecule has 2 aliphatic carbocycles. The smallest absolute Gasteiger partial charge is 0.138 e. The van der Waals surface area contributed by atoms with Gasteiger partial charge in [-0.1, -0.05) is 6.92 Å². The van der Waals surface area contributed by atoms with Crippen LogP contribution < -0.4 is 0 Å². The maximum Gasteiger partial charge on any atom is 0.138 e. The van der Waals surface area contributed by atoms with Crippen LogP contribution in [0.4, 0.5) is 0 Å². The Kier molecular flexibility index (Phi) is 3.58. The fourth-order valence-corrected chi connectivity index (χ4v) is 3.89. The van der Waals surface area contributed by atoms with Crippen molar-refractivity contribution in [3.63, 3.8) is 0 Å². The molecule has 0 amide bonds. The molecule has 2 unspecified atom stereocenters. The quantitative estimate of drug-likeness (QED) is 0.823. The molecule has 4 atom stereocenters. The van der Waals surface area contributed by atoms with Gasteiger partial charge in [0.2, 0.25) is 0 Å². The molecule has 0 saturated heterocycles. The van der Waals surface area contributed by atoms with Crippen LogP contribution in [0.3, 0.4) is 0 Å². The first kappa shape index (κ1) is 14.0. The van der Waals surface area contributed by atoms with E-state index >= 15 is 0 Å². The van der Waals surface area contributed by atoms with Crippen molar-refractivity contribution >= 4 is 5.78 Å². The summed E-state index contributed by atoms with van der Waals surface area (Å²) < 4.78 is 6.21. The Morgan fingerprint density at radius 3 is 2.61 bits per heavy atom. The van der Waals surface area contributed by atoms with E-state index in [1.54, 1.807) is 0 Å². The van der Waals surface area contributed by atoms with E-state index in [-0.39, 0.29) is 35.4 Å². The lowest BCUT2D eigenvalue weighted by Gasteiger charge is -2.45. The van der Waals surface area contributed by atoms with Crippen molar-refractivity contribution in [3.8, 4) is 0 Å². The van der Waals surface area contributed by atoms with E-state index in [1.807, 2.05) is 0 Å². The summed E-state index contributed by atoms with van der Waals surface area (Å²) in [7, 11) is 0. The van der Waals surface area contributed by atoms with E-state index in [1.165, 1.54) is 0 Å². The van der Waals surface area contributed by atoms with Gasteiger partial charge in [0.05, 0.1) is 18.3 Å². The predicted octanol–water partition coefficient (Wildman–Crippen LogP) is 2.56. The van der Waals surface area contributed by atoms with Crippen LogP contribution in [-0.4, -0.2) is 29.2 Å². The zero-order valence-electron chi connectivity index (χ0n) is 12.0. The van der Waals surface area contributed by atoms with E-state index in [0.717, 1.165) is 19.3 Å². The van der Waals surface area contributed by atoms with Crippen LogP contribution in [0.1, 0.15) is 53.4 Å². The number of hydrogen-bond donors (Lipinski definition) is 1. The number of carbonyl (C=O) groups excluding carboxylic acids is 1. The Bertz CT molecular complexity index is 331. The zero-order valence-corrected chi connectivity index (χ0v) is 12.0. The van der Waals surface area contributed by atoms with Gasteiger partial charge in [-0.25, -0.2) is 0 Å². The van der Waals surface area contributed by atoms with Crippen molar-refractivity contribution in [1.29, 1.82) is 0 Å². The predicted molar refractivity (Wildman–Crippen MR) is 70.3 cm³/mol. The maximum absolute atomic E-state index is 11.9. The third kappa shape index (κ3) is 2.35. The zero-order chi connectivity index (χ0) is 13.6. The van der Waals surface area contributed by atoms with Crippen LogP contribution in [0, 0.1) is 17.3 Å². The average Bonchev–Trinajstić information content (AvgIpc) is 2.56. The Labute approximate surface area is 110 Å². The second kappa shape index (κ2) is 4.61. The summed E-state index contributed by atoms with van der Waals surface area (Å²) in [5.74, 6) is 0.393. The van der Waals surface area contributed by atoms with Crippen LogP contribution in [0.25, 0.3) is 0 Å². The molecule has 104 valence electrons. The second-order valence-corrected chi connectivity index (χ2v) is 7.16. The summed E-state index contributed by atoms with van der Waals surface area (Å²) in [5.41, 5.74) is -0.0761. The van der Waals surface area contributed by atoms with Crippen LogP contribution in [0.15, 0.2) is 0 Å². The van der Waals surface area contributed by atoms with E-state index in [9.17, 15) is 9.90 Å². The van der Waals surface area contributed by atoms with Gasteiger partial charge in [0.15, 0.2) is 0 Å². The molecule has 0 aromatic carbocycles. The summed E-state index contributed by atoms with van der Waals surface area (Å²) >= 11 is 0. The van der Waals surface area contributed by atoms with E-state index in [0.29, 0.717) is 12.3 Å². The minimum absolute atomic E-state index is 0.00132. The third-order valence-corrected chi connectivity index (χ3v) is 4.82. The molecule has 2 aliphatic rings. The van der Waals surface area contributed by atoms with Gasteiger partial charge in [-0.05, 0) is 51.4 Å². The van der Waals surface area contributed by atoms with E-state index in [4.69, 9.17) is 4.74 Å². The van der Waals surface area contributed by atoms with E-state index < -0.39 is 0 Å². The van der Waals surface area contributed by atoms with Crippen molar-refractivity contribution in [2.45, 2.75) is 65.1 Å². The number of ketones is 1. The Morgan fingerprint density at radius 2 is 2.06 bits per heavy atom. The maximum atomic E-state index is 11.9. The highest BCUT2D eigenvalue weighted by atomic mass is 16.5. The van der Waals surface area contributed by atoms with Gasteiger partial charge in [-0.2, -0.15) is 0 Å². The number of ether oxygens (including phenoxy) is 1. The summed E-state index contributed by atoms with van der Waals surface area (Å²) in [5, 5.41) is 9.48. The lowest BCUT2D eigenvalue weighted by atomic mass is 9.63. The van der Waals surface area contributed by atoms with Gasteiger partial charge in [0.25, 0.3) is 0 Å². The minimum atomic E-state index is -0.155. The molecule has 2 rings (SSSR count). The fraction of sp³-hybridized carbons (Fsp3) is 0.933. The monoisotopic (exact) mass is 254 g/mol. The van der Waals surface area contributed by atoms with Crippen molar-refractivity contribution in [2.75, 3.05) is 6.61 Å². The molecule has 3 nitrogen and oxygen atoms in total. The molecule has 0 bridgehead atoms. The number of hydrogen-bond acceptors (Lipinski definition) is 3. The molecule has 0 aromatic heterocycles. The van der Waals surface area contributed by atoms with Crippen molar-refractivity contribution in [2.24, 2.45) is 17.3 Å². The van der Waals surface area contributed by atoms with Crippen molar-refractivity contribution < 1.29 is 14.6 Å². The number of aliphatic hydroxyl groups is 1. The Balaban J connectivity index is 2.18. The fourth-order valence-electron chi connectivity index (χ4n) is 3.89. The average molecular weight is 254 g/mol. The van der Waals surface area contributed by atoms with Crippen molar-refractivity contribution in [3.05, 3.63) is 0 Å². The first-order valence-electron chi connectivity index (χ1n) is 7.09. The summed E-state index contributed by atoms with van der Waals surface area (Å²) in [6.45, 7) is 8.50. The van der Waals surface area contributed by atoms with Crippen LogP contribution in [0.2, 0.25) is 0 Å². The molecule has 0 radical (unpaired) electrons. The first-order valence-corrected chi connectivity index (χ1v) is 7.09. The van der Waals surface area contributed by atoms with Gasteiger partial charge < -0.3 is 9.84 Å². The van der Waals surface area contributed by atoms with Crippen LogP contribution >= 0.6 is 0 Å². The standard InChI is InChI=1S/C15H26O3/c1-14(2,3)18-13-6-5-11-10(9-16)12(17)7-8-15(11,13)4/h10-11,13,16H,5-9H2,1-4H3/t10?,11?,13-,15-/m1/s1. The molecule has 0 aliphatic heterocycles. The Hall–Kier alpha value is -0.410. The van der Waals surface area contributed by atoms with Crippen molar-refractivity contribution in [1.82, 2.24) is 0 Å². The molecule has 3 heteroatoms. The normalized spacial score (nSPS) is 40.9. The molecule has 18 heavy (non-hydrogen) atoms. The first-order chi connectivity index (χ1) is 8.28. The lowest BCUT2D eigenvalue weighted by Crippen LogP contribution is -2.47. The molecule has 2 fully saturated rings. The number of rotatable bonds is 2. The number of fused-ring (bicyclic) bond motifs is 1. The van der Waals surface area contributed by atoms with E-state index in [2.05, 4.69) is 27.7 Å².